The number of hydrogen-bond donors (Lipinski definition) is 1. The molecule has 2 fully saturated rings. The first-order valence-electron chi connectivity index (χ1n) is 6.75. The summed E-state index contributed by atoms with van der Waals surface area (Å²) in [5.41, 5.74) is 2.35. The summed E-state index contributed by atoms with van der Waals surface area (Å²) in [6, 6.07) is 5.04. The number of hydrogen-bond acceptors (Lipinski definition) is 3. The van der Waals surface area contributed by atoms with E-state index in [-0.39, 0.29) is 5.56 Å². The Kier molecular flexibility index (Phi) is 2.05. The fraction of sp³-hybridized carbons (Fsp3) is 0.500. The molecular formula is C14H15N3O2. The van der Waals surface area contributed by atoms with Crippen molar-refractivity contribution in [1.29, 1.82) is 0 Å². The molecule has 0 spiro atoms. The summed E-state index contributed by atoms with van der Waals surface area (Å²) in [7, 11) is 0. The molecule has 0 saturated heterocycles. The summed E-state index contributed by atoms with van der Waals surface area (Å²) in [6.07, 6.45) is 5.31. The number of rotatable bonds is 4. The van der Waals surface area contributed by atoms with Crippen LogP contribution in [0.1, 0.15) is 36.0 Å². The molecule has 5 heteroatoms. The first-order chi connectivity index (χ1) is 9.18. The molecule has 2 aromatic rings. The van der Waals surface area contributed by atoms with Gasteiger partial charge in [-0.25, -0.2) is 9.48 Å². The Hall–Kier alpha value is -1.91. The number of aromatic nitrogens is 3. The molecule has 1 aromatic heterocycles. The second-order valence-corrected chi connectivity index (χ2v) is 5.89. The van der Waals surface area contributed by atoms with E-state index >= 15 is 0 Å². The first kappa shape index (κ1) is 11.0. The van der Waals surface area contributed by atoms with Crippen LogP contribution in [0.3, 0.4) is 0 Å². The van der Waals surface area contributed by atoms with Gasteiger partial charge in [0.05, 0.1) is 11.1 Å². The van der Waals surface area contributed by atoms with Gasteiger partial charge in [0.2, 0.25) is 0 Å². The molecule has 4 rings (SSSR count). The molecule has 5 nitrogen and oxygen atoms in total. The van der Waals surface area contributed by atoms with Gasteiger partial charge in [-0.15, -0.1) is 5.10 Å². The lowest BCUT2D eigenvalue weighted by atomic mass is 10.0. The molecule has 0 radical (unpaired) electrons. The highest BCUT2D eigenvalue weighted by molar-refractivity contribution is 5.92. The molecule has 0 bridgehead atoms. The topological polar surface area (TPSA) is 68.0 Å². The van der Waals surface area contributed by atoms with Crippen molar-refractivity contribution >= 4 is 17.0 Å². The van der Waals surface area contributed by atoms with E-state index in [1.54, 1.807) is 12.1 Å². The van der Waals surface area contributed by atoms with Gasteiger partial charge >= 0.3 is 5.97 Å². The Morgan fingerprint density at radius 1 is 1.42 bits per heavy atom. The van der Waals surface area contributed by atoms with Crippen LogP contribution in [0.4, 0.5) is 0 Å². The lowest BCUT2D eigenvalue weighted by Crippen LogP contribution is -2.15. The molecule has 0 atom stereocenters. The van der Waals surface area contributed by atoms with E-state index in [4.69, 9.17) is 5.11 Å². The van der Waals surface area contributed by atoms with Crippen LogP contribution in [0.5, 0.6) is 0 Å². The van der Waals surface area contributed by atoms with E-state index in [9.17, 15) is 4.79 Å². The van der Waals surface area contributed by atoms with Gasteiger partial charge in [-0.1, -0.05) is 5.21 Å². The van der Waals surface area contributed by atoms with Crippen molar-refractivity contribution in [2.75, 3.05) is 0 Å². The van der Waals surface area contributed by atoms with E-state index in [0.29, 0.717) is 10.9 Å². The van der Waals surface area contributed by atoms with E-state index < -0.39 is 5.97 Å². The third-order valence-electron chi connectivity index (χ3n) is 4.56. The Bertz CT molecular complexity index is 668. The van der Waals surface area contributed by atoms with Gasteiger partial charge in [0.15, 0.2) is 0 Å². The maximum absolute atomic E-state index is 10.9. The lowest BCUT2D eigenvalue weighted by molar-refractivity contribution is 0.0697. The van der Waals surface area contributed by atoms with Crippen molar-refractivity contribution in [3.63, 3.8) is 0 Å². The van der Waals surface area contributed by atoms with Gasteiger partial charge in [0.25, 0.3) is 0 Å². The number of carbonyl (C=O) groups is 1. The molecule has 2 aliphatic carbocycles. The van der Waals surface area contributed by atoms with Gasteiger partial charge in [-0.3, -0.25) is 0 Å². The van der Waals surface area contributed by atoms with Gasteiger partial charge in [-0.2, -0.15) is 0 Å². The Balaban J connectivity index is 1.69. The van der Waals surface area contributed by atoms with Crippen molar-refractivity contribution in [3.05, 3.63) is 23.8 Å². The highest BCUT2D eigenvalue weighted by atomic mass is 16.4. The molecule has 0 amide bonds. The van der Waals surface area contributed by atoms with Gasteiger partial charge < -0.3 is 5.11 Å². The zero-order valence-electron chi connectivity index (χ0n) is 10.5. The zero-order chi connectivity index (χ0) is 13.0. The summed E-state index contributed by atoms with van der Waals surface area (Å²) >= 11 is 0. The summed E-state index contributed by atoms with van der Waals surface area (Å²) < 4.78 is 1.95. The van der Waals surface area contributed by atoms with Crippen molar-refractivity contribution in [1.82, 2.24) is 15.0 Å². The molecule has 2 saturated carbocycles. The molecule has 19 heavy (non-hydrogen) atoms. The van der Waals surface area contributed by atoms with Crippen molar-refractivity contribution in [2.45, 2.75) is 32.2 Å². The summed E-state index contributed by atoms with van der Waals surface area (Å²) in [6.45, 7) is 0.931. The van der Waals surface area contributed by atoms with Crippen LogP contribution < -0.4 is 0 Å². The van der Waals surface area contributed by atoms with Crippen molar-refractivity contribution < 1.29 is 9.90 Å². The van der Waals surface area contributed by atoms with Crippen LogP contribution in [0.2, 0.25) is 0 Å². The number of carboxylic acids is 1. The third-order valence-corrected chi connectivity index (χ3v) is 4.56. The normalized spacial score (nSPS) is 20.6. The van der Waals surface area contributed by atoms with Crippen LogP contribution in [-0.2, 0) is 6.54 Å². The second-order valence-electron chi connectivity index (χ2n) is 5.89. The maximum Gasteiger partial charge on any atom is 0.335 e. The summed E-state index contributed by atoms with van der Waals surface area (Å²) in [4.78, 5) is 10.9. The van der Waals surface area contributed by atoms with Gasteiger partial charge in [0, 0.05) is 6.54 Å². The molecule has 0 unspecified atom stereocenters. The monoisotopic (exact) mass is 257 g/mol. The van der Waals surface area contributed by atoms with E-state index in [1.165, 1.54) is 25.7 Å². The minimum Gasteiger partial charge on any atom is -0.478 e. The van der Waals surface area contributed by atoms with Crippen LogP contribution >= 0.6 is 0 Å². The highest BCUT2D eigenvalue weighted by Crippen LogP contribution is 2.62. The molecule has 98 valence electrons. The summed E-state index contributed by atoms with van der Waals surface area (Å²) in [5, 5.41) is 17.3. The van der Waals surface area contributed by atoms with Crippen molar-refractivity contribution in [2.24, 2.45) is 11.3 Å². The second kappa shape index (κ2) is 3.56. The number of fused-ring (bicyclic) bond motifs is 1. The molecule has 1 aromatic carbocycles. The molecule has 1 heterocycles. The molecular weight excluding hydrogens is 242 g/mol. The maximum atomic E-state index is 10.9. The predicted molar refractivity (Wildman–Crippen MR) is 68.9 cm³/mol. The lowest BCUT2D eigenvalue weighted by Gasteiger charge is -2.13. The number of carboxylic acid groups (broad SMARTS) is 1. The van der Waals surface area contributed by atoms with Crippen LogP contribution in [-0.4, -0.2) is 26.1 Å². The zero-order valence-corrected chi connectivity index (χ0v) is 10.5. The van der Waals surface area contributed by atoms with Crippen molar-refractivity contribution in [3.8, 4) is 0 Å². The Morgan fingerprint density at radius 2 is 2.21 bits per heavy atom. The van der Waals surface area contributed by atoms with Crippen LogP contribution in [0.25, 0.3) is 11.0 Å². The smallest absolute Gasteiger partial charge is 0.335 e. The fourth-order valence-corrected chi connectivity index (χ4v) is 3.07. The number of aromatic carboxylic acids is 1. The first-order valence-corrected chi connectivity index (χ1v) is 6.75. The van der Waals surface area contributed by atoms with Crippen LogP contribution in [0, 0.1) is 11.3 Å². The van der Waals surface area contributed by atoms with Gasteiger partial charge in [0.1, 0.15) is 5.52 Å². The molecule has 1 N–H and O–H groups in total. The quantitative estimate of drug-likeness (QED) is 0.912. The van der Waals surface area contributed by atoms with Gasteiger partial charge in [-0.05, 0) is 55.2 Å². The van der Waals surface area contributed by atoms with Crippen LogP contribution in [0.15, 0.2) is 18.2 Å². The molecule has 2 aliphatic rings. The largest absolute Gasteiger partial charge is 0.478 e. The van der Waals surface area contributed by atoms with E-state index in [0.717, 1.165) is 18.0 Å². The highest BCUT2D eigenvalue weighted by Gasteiger charge is 2.54. The number of nitrogens with zero attached hydrogens (tertiary/aromatic N) is 3. The third kappa shape index (κ3) is 1.72. The minimum absolute atomic E-state index is 0.267. The average molecular weight is 257 g/mol. The molecule has 0 aliphatic heterocycles. The number of benzene rings is 1. The predicted octanol–water partition coefficient (Wildman–Crippen LogP) is 2.32. The summed E-state index contributed by atoms with van der Waals surface area (Å²) in [5.74, 6) is -0.0434. The average Bonchev–Trinajstić information content (AvgIpc) is 3.28. The standard InChI is InChI=1S/C14H15N3O2/c18-13(19)9-1-4-12-11(7-9)15-16-17(12)8-14(5-6-14)10-2-3-10/h1,4,7,10H,2-3,5-6,8H2,(H,18,19). The Morgan fingerprint density at radius 3 is 2.84 bits per heavy atom. The SMILES string of the molecule is O=C(O)c1ccc2c(c1)nnn2CC1(C2CC2)CC1. The minimum atomic E-state index is -0.923. The van der Waals surface area contributed by atoms with E-state index in [1.807, 2.05) is 10.7 Å². The Labute approximate surface area is 110 Å². The fourth-order valence-electron chi connectivity index (χ4n) is 3.07. The van der Waals surface area contributed by atoms with E-state index in [2.05, 4.69) is 10.3 Å².